The molecule has 1 unspecified atom stereocenters. The van der Waals surface area contributed by atoms with Crippen LogP contribution in [0.2, 0.25) is 0 Å². The predicted molar refractivity (Wildman–Crippen MR) is 130 cm³/mol. The molecule has 1 saturated heterocycles. The third-order valence-corrected chi connectivity index (χ3v) is 6.85. The van der Waals surface area contributed by atoms with Gasteiger partial charge in [-0.15, -0.1) is 0 Å². The Labute approximate surface area is 201 Å². The molecule has 1 aromatic carbocycles. The van der Waals surface area contributed by atoms with E-state index in [-0.39, 0.29) is 17.9 Å². The van der Waals surface area contributed by atoms with Gasteiger partial charge < -0.3 is 25.0 Å². The minimum absolute atomic E-state index is 0.00429. The summed E-state index contributed by atoms with van der Waals surface area (Å²) in [4.78, 5) is 31.5. The summed E-state index contributed by atoms with van der Waals surface area (Å²) in [6.45, 7) is 2.20. The molecule has 2 amide bonds. The van der Waals surface area contributed by atoms with Crippen molar-refractivity contribution in [1.82, 2.24) is 15.2 Å². The summed E-state index contributed by atoms with van der Waals surface area (Å²) in [5, 5.41) is 6.33. The topological polar surface area (TPSA) is 92.8 Å². The first-order chi connectivity index (χ1) is 16.6. The van der Waals surface area contributed by atoms with Gasteiger partial charge in [-0.2, -0.15) is 0 Å². The molecule has 1 aromatic heterocycles. The zero-order valence-electron chi connectivity index (χ0n) is 20.0. The Balaban J connectivity index is 1.14. The Morgan fingerprint density at radius 3 is 2.71 bits per heavy atom. The van der Waals surface area contributed by atoms with E-state index < -0.39 is 0 Å². The number of carbonyl (C=O) groups excluding carboxylic acids is 2. The van der Waals surface area contributed by atoms with E-state index in [1.165, 1.54) is 0 Å². The molecule has 34 heavy (non-hydrogen) atoms. The molecule has 8 nitrogen and oxygen atoms in total. The first-order valence-corrected chi connectivity index (χ1v) is 12.1. The zero-order chi connectivity index (χ0) is 23.9. The number of nitrogens with one attached hydrogen (secondary N) is 2. The number of hydrogen-bond acceptors (Lipinski definition) is 6. The maximum absolute atomic E-state index is 13.0. The molecule has 1 fully saturated rings. The number of rotatable bonds is 9. The molecule has 0 spiro atoms. The number of benzene rings is 1. The van der Waals surface area contributed by atoms with E-state index in [4.69, 9.17) is 9.47 Å². The lowest BCUT2D eigenvalue weighted by Crippen LogP contribution is -2.39. The molecule has 182 valence electrons. The van der Waals surface area contributed by atoms with Gasteiger partial charge in [0.25, 0.3) is 5.91 Å². The van der Waals surface area contributed by atoms with Crippen molar-refractivity contribution in [3.8, 4) is 11.5 Å². The molecular weight excluding hydrogens is 432 g/mol. The van der Waals surface area contributed by atoms with E-state index in [1.807, 2.05) is 17.2 Å². The van der Waals surface area contributed by atoms with Gasteiger partial charge in [-0.25, -0.2) is 0 Å². The van der Waals surface area contributed by atoms with Crippen LogP contribution in [-0.2, 0) is 11.2 Å². The Bertz CT molecular complexity index is 979. The molecule has 3 heterocycles. The van der Waals surface area contributed by atoms with Crippen LogP contribution < -0.4 is 20.1 Å². The number of anilines is 1. The van der Waals surface area contributed by atoms with Crippen LogP contribution in [0.3, 0.4) is 0 Å². The third-order valence-electron chi connectivity index (χ3n) is 6.85. The highest BCUT2D eigenvalue weighted by atomic mass is 16.5. The SMILES string of the molecule is COc1ccc(OC)c(C(=O)N2CCC(CCCCNC(=O)C3Cc4cnccc4N3)CC2)c1. The van der Waals surface area contributed by atoms with Crippen molar-refractivity contribution >= 4 is 17.5 Å². The largest absolute Gasteiger partial charge is 0.497 e. The lowest BCUT2D eigenvalue weighted by Gasteiger charge is -2.32. The van der Waals surface area contributed by atoms with E-state index in [1.54, 1.807) is 38.6 Å². The highest BCUT2D eigenvalue weighted by Crippen LogP contribution is 2.29. The summed E-state index contributed by atoms with van der Waals surface area (Å²) in [5.41, 5.74) is 2.65. The Hall–Kier alpha value is -3.29. The van der Waals surface area contributed by atoms with Gasteiger partial charge in [0.1, 0.15) is 17.5 Å². The van der Waals surface area contributed by atoms with Crippen LogP contribution in [-0.4, -0.2) is 61.6 Å². The van der Waals surface area contributed by atoms with E-state index in [9.17, 15) is 9.59 Å². The predicted octanol–water partition coefficient (Wildman–Crippen LogP) is 3.27. The minimum atomic E-state index is -0.204. The molecule has 0 saturated carbocycles. The van der Waals surface area contributed by atoms with E-state index >= 15 is 0 Å². The highest BCUT2D eigenvalue weighted by molar-refractivity contribution is 5.97. The van der Waals surface area contributed by atoms with Crippen LogP contribution in [0.5, 0.6) is 11.5 Å². The number of piperidine rings is 1. The molecule has 8 heteroatoms. The first-order valence-electron chi connectivity index (χ1n) is 12.1. The number of unbranched alkanes of at least 4 members (excludes halogenated alkanes) is 1. The van der Waals surface area contributed by atoms with Crippen LogP contribution in [0.25, 0.3) is 0 Å². The van der Waals surface area contributed by atoms with E-state index in [2.05, 4.69) is 15.6 Å². The summed E-state index contributed by atoms with van der Waals surface area (Å²) in [6.07, 6.45) is 9.42. The molecule has 2 aliphatic rings. The quantitative estimate of drug-likeness (QED) is 0.551. The summed E-state index contributed by atoms with van der Waals surface area (Å²) < 4.78 is 10.7. The summed E-state index contributed by atoms with van der Waals surface area (Å²) in [7, 11) is 3.17. The van der Waals surface area contributed by atoms with Gasteiger partial charge in [0.2, 0.25) is 5.91 Å². The Morgan fingerprint density at radius 2 is 1.97 bits per heavy atom. The van der Waals surface area contributed by atoms with Crippen molar-refractivity contribution in [2.24, 2.45) is 5.92 Å². The molecular formula is C26H34N4O4. The molecule has 1 atom stereocenters. The monoisotopic (exact) mass is 466 g/mol. The number of likely N-dealkylation sites (tertiary alicyclic amines) is 1. The van der Waals surface area contributed by atoms with Gasteiger partial charge in [-0.1, -0.05) is 12.8 Å². The van der Waals surface area contributed by atoms with Gasteiger partial charge in [0.15, 0.2) is 0 Å². The van der Waals surface area contributed by atoms with Crippen LogP contribution >= 0.6 is 0 Å². The second-order valence-electron chi connectivity index (χ2n) is 9.02. The molecule has 0 bridgehead atoms. The zero-order valence-corrected chi connectivity index (χ0v) is 20.0. The average molecular weight is 467 g/mol. The Morgan fingerprint density at radius 1 is 1.15 bits per heavy atom. The number of fused-ring (bicyclic) bond motifs is 1. The number of nitrogens with zero attached hydrogens (tertiary/aromatic N) is 2. The second-order valence-corrected chi connectivity index (χ2v) is 9.02. The maximum Gasteiger partial charge on any atom is 0.257 e. The normalized spacial score (nSPS) is 17.6. The van der Waals surface area contributed by atoms with Crippen molar-refractivity contribution in [3.63, 3.8) is 0 Å². The van der Waals surface area contributed by atoms with Crippen LogP contribution in [0.15, 0.2) is 36.7 Å². The molecule has 0 radical (unpaired) electrons. The van der Waals surface area contributed by atoms with Gasteiger partial charge in [0, 0.05) is 44.1 Å². The molecule has 4 rings (SSSR count). The fourth-order valence-corrected chi connectivity index (χ4v) is 4.82. The van der Waals surface area contributed by atoms with Crippen molar-refractivity contribution < 1.29 is 19.1 Å². The third kappa shape index (κ3) is 5.61. The second kappa shape index (κ2) is 11.2. The van der Waals surface area contributed by atoms with E-state index in [0.717, 1.165) is 56.4 Å². The van der Waals surface area contributed by atoms with E-state index in [0.29, 0.717) is 35.9 Å². The number of amides is 2. The standard InChI is InChI=1S/C26H34N4O4/c1-33-20-6-7-24(34-2)21(16-20)26(32)30-13-9-18(10-14-30)5-3-4-11-28-25(31)23-15-19-17-27-12-8-22(19)29-23/h6-8,12,16-18,23,29H,3-5,9-11,13-15H2,1-2H3,(H,28,31). The summed E-state index contributed by atoms with van der Waals surface area (Å²) in [6, 6.07) is 7.03. The fourth-order valence-electron chi connectivity index (χ4n) is 4.82. The summed E-state index contributed by atoms with van der Waals surface area (Å²) in [5.74, 6) is 1.89. The number of pyridine rings is 1. The van der Waals surface area contributed by atoms with Gasteiger partial charge >= 0.3 is 0 Å². The Kier molecular flexibility index (Phi) is 7.87. The van der Waals surface area contributed by atoms with Crippen molar-refractivity contribution in [2.75, 3.05) is 39.2 Å². The van der Waals surface area contributed by atoms with Crippen LogP contribution in [0.4, 0.5) is 5.69 Å². The number of hydrogen-bond donors (Lipinski definition) is 2. The lowest BCUT2D eigenvalue weighted by molar-refractivity contribution is -0.121. The van der Waals surface area contributed by atoms with Crippen LogP contribution in [0, 0.1) is 5.92 Å². The lowest BCUT2D eigenvalue weighted by atomic mass is 9.91. The maximum atomic E-state index is 13.0. The number of methoxy groups -OCH3 is 2. The number of carbonyl (C=O) groups is 2. The average Bonchev–Trinajstić information content (AvgIpc) is 3.32. The highest BCUT2D eigenvalue weighted by Gasteiger charge is 2.27. The minimum Gasteiger partial charge on any atom is -0.497 e. The fraction of sp³-hybridized carbons (Fsp3) is 0.500. The van der Waals surface area contributed by atoms with Gasteiger partial charge in [0.05, 0.1) is 19.8 Å². The van der Waals surface area contributed by atoms with Crippen LogP contribution in [0.1, 0.15) is 48.0 Å². The molecule has 2 N–H and O–H groups in total. The summed E-state index contributed by atoms with van der Waals surface area (Å²) >= 11 is 0. The molecule has 2 aromatic rings. The number of aromatic nitrogens is 1. The first kappa shape index (κ1) is 23.9. The van der Waals surface area contributed by atoms with Crippen molar-refractivity contribution in [2.45, 2.75) is 44.6 Å². The van der Waals surface area contributed by atoms with Gasteiger partial charge in [-0.05, 0) is 55.0 Å². The number of ether oxygens (including phenoxy) is 2. The van der Waals surface area contributed by atoms with Crippen molar-refractivity contribution in [3.05, 3.63) is 47.8 Å². The van der Waals surface area contributed by atoms with Crippen molar-refractivity contribution in [1.29, 1.82) is 0 Å². The smallest absolute Gasteiger partial charge is 0.257 e. The van der Waals surface area contributed by atoms with Gasteiger partial charge in [-0.3, -0.25) is 14.6 Å². The molecule has 0 aliphatic carbocycles. The molecule has 2 aliphatic heterocycles.